The molecule has 0 N–H and O–H groups in total. The molecule has 1 aliphatic heterocycles. The lowest BCUT2D eigenvalue weighted by molar-refractivity contribution is 0.0745. The first kappa shape index (κ1) is 21.6. The van der Waals surface area contributed by atoms with Crippen LogP contribution in [0.4, 0.5) is 5.82 Å². The highest BCUT2D eigenvalue weighted by atomic mass is 79.9. The molecule has 1 aromatic carbocycles. The molecule has 0 spiro atoms. The number of rotatable bonds is 4. The van der Waals surface area contributed by atoms with Crippen molar-refractivity contribution in [3.8, 4) is 0 Å². The van der Waals surface area contributed by atoms with Crippen molar-refractivity contribution in [2.75, 3.05) is 45.2 Å². The minimum Gasteiger partial charge on any atom is -0.353 e. The van der Waals surface area contributed by atoms with Gasteiger partial charge in [-0.1, -0.05) is 6.07 Å². The first-order chi connectivity index (χ1) is 14.8. The van der Waals surface area contributed by atoms with Crippen LogP contribution in [0.15, 0.2) is 39.7 Å². The highest BCUT2D eigenvalue weighted by molar-refractivity contribution is 9.10. The third-order valence-electron chi connectivity index (χ3n) is 5.79. The molecule has 8 nitrogen and oxygen atoms in total. The number of halogens is 1. The molecule has 9 heteroatoms. The molecule has 0 saturated carbocycles. The number of hydrogen-bond donors (Lipinski definition) is 0. The zero-order valence-corrected chi connectivity index (χ0v) is 19.9. The third kappa shape index (κ3) is 4.12. The maximum Gasteiger partial charge on any atom is 0.328 e. The SMILES string of the molecule is CN(C)Cc1ccc(N2CCN(C(=O)c3cc4c(cc3Br)n(C)c(=O)n4C)CC2)nc1. The van der Waals surface area contributed by atoms with Crippen molar-refractivity contribution in [3.63, 3.8) is 0 Å². The average molecular weight is 487 g/mol. The molecule has 1 amide bonds. The van der Waals surface area contributed by atoms with Gasteiger partial charge < -0.3 is 14.7 Å². The van der Waals surface area contributed by atoms with Crippen molar-refractivity contribution >= 4 is 38.7 Å². The van der Waals surface area contributed by atoms with E-state index in [1.807, 2.05) is 31.3 Å². The van der Waals surface area contributed by atoms with Crippen molar-refractivity contribution < 1.29 is 4.79 Å². The molecular weight excluding hydrogens is 460 g/mol. The first-order valence-electron chi connectivity index (χ1n) is 10.2. The fourth-order valence-electron chi connectivity index (χ4n) is 4.06. The molecule has 4 rings (SSSR count). The summed E-state index contributed by atoms with van der Waals surface area (Å²) < 4.78 is 3.86. The van der Waals surface area contributed by atoms with E-state index in [1.165, 1.54) is 5.56 Å². The molecular formula is C22H27BrN6O2. The van der Waals surface area contributed by atoms with Crippen molar-refractivity contribution in [3.05, 3.63) is 56.5 Å². The first-order valence-corrected chi connectivity index (χ1v) is 11.0. The Hall–Kier alpha value is -2.65. The normalized spacial score (nSPS) is 14.6. The third-order valence-corrected chi connectivity index (χ3v) is 6.45. The summed E-state index contributed by atoms with van der Waals surface area (Å²) in [5.41, 5.74) is 3.19. The molecule has 1 fully saturated rings. The standard InChI is InChI=1S/C22H27BrN6O2/c1-25(2)14-15-5-6-20(24-13-15)28-7-9-29(10-8-28)21(30)16-11-18-19(12-17(16)23)27(4)22(31)26(18)3/h5-6,11-13H,7-10,14H2,1-4H3. The monoisotopic (exact) mass is 486 g/mol. The van der Waals surface area contributed by atoms with E-state index in [9.17, 15) is 9.59 Å². The van der Waals surface area contributed by atoms with Gasteiger partial charge in [-0.3, -0.25) is 13.9 Å². The summed E-state index contributed by atoms with van der Waals surface area (Å²) in [7, 11) is 7.54. The van der Waals surface area contributed by atoms with Gasteiger partial charge in [-0.25, -0.2) is 9.78 Å². The predicted molar refractivity (Wildman–Crippen MR) is 126 cm³/mol. The van der Waals surface area contributed by atoms with Gasteiger partial charge in [0.2, 0.25) is 0 Å². The maximum absolute atomic E-state index is 13.2. The van der Waals surface area contributed by atoms with Crippen LogP contribution in [0.25, 0.3) is 11.0 Å². The molecule has 0 atom stereocenters. The lowest BCUT2D eigenvalue weighted by Gasteiger charge is -2.35. The lowest BCUT2D eigenvalue weighted by atomic mass is 10.1. The van der Waals surface area contributed by atoms with Crippen molar-refractivity contribution in [1.82, 2.24) is 23.9 Å². The van der Waals surface area contributed by atoms with E-state index in [1.54, 1.807) is 29.3 Å². The zero-order chi connectivity index (χ0) is 22.3. The smallest absolute Gasteiger partial charge is 0.328 e. The second kappa shape index (κ2) is 8.47. The topological polar surface area (TPSA) is 66.6 Å². The number of amides is 1. The Bertz CT molecular complexity index is 1170. The van der Waals surface area contributed by atoms with Gasteiger partial charge in [0, 0.05) is 57.5 Å². The zero-order valence-electron chi connectivity index (χ0n) is 18.3. The van der Waals surface area contributed by atoms with Gasteiger partial charge in [0.1, 0.15) is 5.82 Å². The predicted octanol–water partition coefficient (Wildman–Crippen LogP) is 2.06. The molecule has 3 aromatic rings. The Balaban J connectivity index is 1.48. The lowest BCUT2D eigenvalue weighted by Crippen LogP contribution is -2.49. The number of carbonyl (C=O) groups is 1. The molecule has 0 bridgehead atoms. The van der Waals surface area contributed by atoms with E-state index >= 15 is 0 Å². The van der Waals surface area contributed by atoms with Gasteiger partial charge in [-0.05, 0) is 53.8 Å². The van der Waals surface area contributed by atoms with Crippen LogP contribution in [0.1, 0.15) is 15.9 Å². The Morgan fingerprint density at radius 2 is 1.71 bits per heavy atom. The second-order valence-corrected chi connectivity index (χ2v) is 9.12. The fourth-order valence-corrected chi connectivity index (χ4v) is 4.56. The van der Waals surface area contributed by atoms with Crippen LogP contribution >= 0.6 is 15.9 Å². The minimum atomic E-state index is -0.107. The maximum atomic E-state index is 13.2. The number of fused-ring (bicyclic) bond motifs is 1. The summed E-state index contributed by atoms with van der Waals surface area (Å²) in [6.07, 6.45) is 1.92. The summed E-state index contributed by atoms with van der Waals surface area (Å²) in [6.45, 7) is 3.57. The fraction of sp³-hybridized carbons (Fsp3) is 0.409. The number of piperazine rings is 1. The van der Waals surface area contributed by atoms with Crippen LogP contribution in [0, 0.1) is 0 Å². The van der Waals surface area contributed by atoms with Crippen LogP contribution in [0.2, 0.25) is 0 Å². The van der Waals surface area contributed by atoms with Gasteiger partial charge >= 0.3 is 5.69 Å². The molecule has 2 aromatic heterocycles. The van der Waals surface area contributed by atoms with Crippen molar-refractivity contribution in [1.29, 1.82) is 0 Å². The summed E-state index contributed by atoms with van der Waals surface area (Å²) >= 11 is 3.53. The summed E-state index contributed by atoms with van der Waals surface area (Å²) in [5.74, 6) is 0.913. The van der Waals surface area contributed by atoms with E-state index in [0.717, 1.165) is 36.5 Å². The van der Waals surface area contributed by atoms with E-state index in [-0.39, 0.29) is 11.6 Å². The van der Waals surface area contributed by atoms with Gasteiger partial charge in [-0.15, -0.1) is 0 Å². The Morgan fingerprint density at radius 1 is 1.06 bits per heavy atom. The molecule has 0 unspecified atom stereocenters. The number of nitrogens with zero attached hydrogens (tertiary/aromatic N) is 6. The van der Waals surface area contributed by atoms with Crippen LogP contribution in [-0.4, -0.2) is 70.1 Å². The molecule has 0 radical (unpaired) electrons. The van der Waals surface area contributed by atoms with E-state index in [2.05, 4.69) is 42.8 Å². The van der Waals surface area contributed by atoms with Gasteiger partial charge in [-0.2, -0.15) is 0 Å². The summed E-state index contributed by atoms with van der Waals surface area (Å²) in [5, 5.41) is 0. The quantitative estimate of drug-likeness (QED) is 0.564. The number of pyridine rings is 1. The Kier molecular flexibility index (Phi) is 5.90. The minimum absolute atomic E-state index is 0.0287. The summed E-state index contributed by atoms with van der Waals surface area (Å²) in [6, 6.07) is 7.81. The highest BCUT2D eigenvalue weighted by Crippen LogP contribution is 2.26. The number of imidazole rings is 1. The van der Waals surface area contributed by atoms with E-state index in [0.29, 0.717) is 23.1 Å². The number of carbonyl (C=O) groups excluding carboxylic acids is 1. The van der Waals surface area contributed by atoms with Gasteiger partial charge in [0.05, 0.1) is 16.6 Å². The van der Waals surface area contributed by atoms with Gasteiger partial charge in [0.25, 0.3) is 5.91 Å². The largest absolute Gasteiger partial charge is 0.353 e. The number of benzene rings is 1. The average Bonchev–Trinajstić information content (AvgIpc) is 2.96. The molecule has 1 saturated heterocycles. The van der Waals surface area contributed by atoms with Crippen molar-refractivity contribution in [2.45, 2.75) is 6.54 Å². The second-order valence-electron chi connectivity index (χ2n) is 8.26. The molecule has 164 valence electrons. The molecule has 3 heterocycles. The molecule has 1 aliphatic rings. The van der Waals surface area contributed by atoms with Crippen molar-refractivity contribution in [2.24, 2.45) is 14.1 Å². The number of hydrogen-bond acceptors (Lipinski definition) is 5. The summed E-state index contributed by atoms with van der Waals surface area (Å²) in [4.78, 5) is 36.2. The van der Waals surface area contributed by atoms with Crippen LogP contribution in [0.3, 0.4) is 0 Å². The Morgan fingerprint density at radius 3 is 2.29 bits per heavy atom. The number of aryl methyl sites for hydroxylation is 2. The molecule has 0 aliphatic carbocycles. The van der Waals surface area contributed by atoms with Gasteiger partial charge in [0.15, 0.2) is 0 Å². The van der Waals surface area contributed by atoms with Crippen LogP contribution in [-0.2, 0) is 20.6 Å². The molecule has 31 heavy (non-hydrogen) atoms. The van der Waals surface area contributed by atoms with E-state index < -0.39 is 0 Å². The van der Waals surface area contributed by atoms with Crippen LogP contribution < -0.4 is 10.6 Å². The highest BCUT2D eigenvalue weighted by Gasteiger charge is 2.25. The Labute approximate surface area is 189 Å². The number of aromatic nitrogens is 3. The van der Waals surface area contributed by atoms with E-state index in [4.69, 9.17) is 0 Å². The number of anilines is 1. The van der Waals surface area contributed by atoms with Crippen LogP contribution in [0.5, 0.6) is 0 Å².